The fourth-order valence-corrected chi connectivity index (χ4v) is 4.61. The number of aromatic nitrogens is 2. The van der Waals surface area contributed by atoms with Gasteiger partial charge in [0.25, 0.3) is 0 Å². The minimum Gasteiger partial charge on any atom is -0.497 e. The third-order valence-electron chi connectivity index (χ3n) is 4.58. The van der Waals surface area contributed by atoms with E-state index in [0.29, 0.717) is 19.6 Å². The van der Waals surface area contributed by atoms with Crippen molar-refractivity contribution in [2.75, 3.05) is 25.1 Å². The van der Waals surface area contributed by atoms with Gasteiger partial charge < -0.3 is 19.3 Å². The van der Waals surface area contributed by atoms with Crippen molar-refractivity contribution in [3.8, 4) is 17.2 Å². The molecular formula is C20H21N3O4S2. The van der Waals surface area contributed by atoms with Gasteiger partial charge in [-0.05, 0) is 36.2 Å². The number of hydrogen-bond donors (Lipinski definition) is 1. The standard InChI is InChI=1S/C20H21N3O4S2/c1-25-14-4-3-13(18(9-14)26-2)11-23(20-21-12-22-28-20)29-15-5-6-16-17(24)7-8-27-19(16)10-15/h3-6,9-10,12,17,24H,7-8,11H2,1-2H3. The average molecular weight is 432 g/mol. The molecule has 0 fully saturated rings. The smallest absolute Gasteiger partial charge is 0.215 e. The summed E-state index contributed by atoms with van der Waals surface area (Å²) < 4.78 is 22.8. The van der Waals surface area contributed by atoms with Crippen LogP contribution >= 0.6 is 23.5 Å². The average Bonchev–Trinajstić information content (AvgIpc) is 3.28. The molecule has 1 aliphatic rings. The Bertz CT molecular complexity index is 968. The molecule has 7 nitrogen and oxygen atoms in total. The van der Waals surface area contributed by atoms with Crippen molar-refractivity contribution in [3.05, 3.63) is 53.9 Å². The van der Waals surface area contributed by atoms with Crippen LogP contribution in [0.3, 0.4) is 0 Å². The van der Waals surface area contributed by atoms with Gasteiger partial charge in [0, 0.05) is 40.0 Å². The van der Waals surface area contributed by atoms with Crippen molar-refractivity contribution in [1.29, 1.82) is 0 Å². The van der Waals surface area contributed by atoms with Crippen molar-refractivity contribution in [3.63, 3.8) is 0 Å². The van der Waals surface area contributed by atoms with Crippen molar-refractivity contribution >= 4 is 28.6 Å². The molecule has 0 aliphatic carbocycles. The second kappa shape index (κ2) is 8.89. The molecule has 3 aromatic rings. The van der Waals surface area contributed by atoms with Crippen LogP contribution < -0.4 is 18.5 Å². The van der Waals surface area contributed by atoms with Crippen LogP contribution in [0, 0.1) is 0 Å². The van der Waals surface area contributed by atoms with Crippen molar-refractivity contribution in [1.82, 2.24) is 9.36 Å². The molecule has 2 aromatic carbocycles. The van der Waals surface area contributed by atoms with Crippen LogP contribution in [0.2, 0.25) is 0 Å². The summed E-state index contributed by atoms with van der Waals surface area (Å²) in [6, 6.07) is 11.6. The number of fused-ring (bicyclic) bond motifs is 1. The van der Waals surface area contributed by atoms with Crippen molar-refractivity contribution < 1.29 is 19.3 Å². The fourth-order valence-electron chi connectivity index (χ4n) is 3.09. The van der Waals surface area contributed by atoms with Gasteiger partial charge in [0.05, 0.1) is 33.5 Å². The van der Waals surface area contributed by atoms with E-state index in [1.165, 1.54) is 23.5 Å². The summed E-state index contributed by atoms with van der Waals surface area (Å²) >= 11 is 2.86. The van der Waals surface area contributed by atoms with Crippen LogP contribution in [0.1, 0.15) is 23.7 Å². The lowest BCUT2D eigenvalue weighted by molar-refractivity contribution is 0.115. The van der Waals surface area contributed by atoms with E-state index < -0.39 is 6.10 Å². The molecule has 1 aromatic heterocycles. The van der Waals surface area contributed by atoms with E-state index in [2.05, 4.69) is 13.7 Å². The fraction of sp³-hybridized carbons (Fsp3) is 0.300. The zero-order valence-electron chi connectivity index (χ0n) is 16.1. The number of aliphatic hydroxyl groups excluding tert-OH is 1. The highest BCUT2D eigenvalue weighted by molar-refractivity contribution is 8.00. The first kappa shape index (κ1) is 19.8. The van der Waals surface area contributed by atoms with Crippen LogP contribution in [-0.2, 0) is 6.54 Å². The van der Waals surface area contributed by atoms with Crippen molar-refractivity contribution in [2.24, 2.45) is 0 Å². The van der Waals surface area contributed by atoms with E-state index in [9.17, 15) is 5.11 Å². The monoisotopic (exact) mass is 431 g/mol. The molecule has 0 saturated carbocycles. The van der Waals surface area contributed by atoms with Gasteiger partial charge in [0.15, 0.2) is 0 Å². The summed E-state index contributed by atoms with van der Waals surface area (Å²) in [6.45, 7) is 1.08. The molecule has 0 saturated heterocycles. The molecule has 2 heterocycles. The highest BCUT2D eigenvalue weighted by atomic mass is 32.2. The van der Waals surface area contributed by atoms with Crippen molar-refractivity contribution in [2.45, 2.75) is 24.0 Å². The number of hydrogen-bond acceptors (Lipinski definition) is 9. The second-order valence-corrected chi connectivity index (χ2v) is 8.24. The SMILES string of the molecule is COc1ccc(CN(Sc2ccc3c(c2)OCCC3O)c2ncns2)c(OC)c1. The molecule has 0 bridgehead atoms. The van der Waals surface area contributed by atoms with Crippen LogP contribution in [0.5, 0.6) is 17.2 Å². The summed E-state index contributed by atoms with van der Waals surface area (Å²) in [5.74, 6) is 2.22. The number of ether oxygens (including phenoxy) is 3. The molecule has 4 rings (SSSR count). The molecule has 0 amide bonds. The van der Waals surface area contributed by atoms with Crippen LogP contribution in [0.15, 0.2) is 47.6 Å². The second-order valence-electron chi connectivity index (χ2n) is 6.38. The zero-order valence-corrected chi connectivity index (χ0v) is 17.7. The highest BCUT2D eigenvalue weighted by Gasteiger charge is 2.21. The number of nitrogens with zero attached hydrogens (tertiary/aromatic N) is 3. The first-order valence-electron chi connectivity index (χ1n) is 9.06. The lowest BCUT2D eigenvalue weighted by Gasteiger charge is -2.24. The molecular weight excluding hydrogens is 410 g/mol. The summed E-state index contributed by atoms with van der Waals surface area (Å²) in [5.41, 5.74) is 1.83. The van der Waals surface area contributed by atoms with E-state index in [0.717, 1.165) is 38.4 Å². The van der Waals surface area contributed by atoms with E-state index >= 15 is 0 Å². The maximum absolute atomic E-state index is 10.1. The molecule has 1 N–H and O–H groups in total. The number of anilines is 1. The van der Waals surface area contributed by atoms with Gasteiger partial charge in [-0.25, -0.2) is 4.98 Å². The van der Waals surface area contributed by atoms with E-state index in [1.54, 1.807) is 20.5 Å². The molecule has 152 valence electrons. The van der Waals surface area contributed by atoms with Gasteiger partial charge >= 0.3 is 0 Å². The molecule has 1 aliphatic heterocycles. The molecule has 9 heteroatoms. The molecule has 29 heavy (non-hydrogen) atoms. The van der Waals surface area contributed by atoms with Crippen LogP contribution in [0.25, 0.3) is 0 Å². The number of rotatable bonds is 7. The predicted octanol–water partition coefficient (Wildman–Crippen LogP) is 4.09. The molecule has 1 atom stereocenters. The Kier molecular flexibility index (Phi) is 6.08. The predicted molar refractivity (Wildman–Crippen MR) is 113 cm³/mol. The minimum atomic E-state index is -0.472. The number of methoxy groups -OCH3 is 2. The third kappa shape index (κ3) is 4.42. The number of benzene rings is 2. The van der Waals surface area contributed by atoms with E-state index in [1.807, 2.05) is 36.4 Å². The lowest BCUT2D eigenvalue weighted by atomic mass is 10.0. The Balaban J connectivity index is 1.61. The quantitative estimate of drug-likeness (QED) is 0.561. The number of aliphatic hydroxyl groups is 1. The van der Waals surface area contributed by atoms with Crippen LogP contribution in [-0.4, -0.2) is 35.3 Å². The summed E-state index contributed by atoms with van der Waals surface area (Å²) in [4.78, 5) is 5.36. The highest BCUT2D eigenvalue weighted by Crippen LogP contribution is 2.39. The van der Waals surface area contributed by atoms with E-state index in [-0.39, 0.29) is 0 Å². The first-order valence-corrected chi connectivity index (χ1v) is 10.6. The third-order valence-corrected chi connectivity index (χ3v) is 6.37. The molecule has 0 radical (unpaired) electrons. The first-order chi connectivity index (χ1) is 14.2. The summed E-state index contributed by atoms with van der Waals surface area (Å²) in [7, 11) is 3.28. The molecule has 1 unspecified atom stereocenters. The Morgan fingerprint density at radius 1 is 1.24 bits per heavy atom. The largest absolute Gasteiger partial charge is 0.497 e. The van der Waals surface area contributed by atoms with E-state index in [4.69, 9.17) is 14.2 Å². The van der Waals surface area contributed by atoms with Gasteiger partial charge in [-0.15, -0.1) is 0 Å². The topological polar surface area (TPSA) is 76.9 Å². The zero-order chi connectivity index (χ0) is 20.2. The maximum Gasteiger partial charge on any atom is 0.215 e. The lowest BCUT2D eigenvalue weighted by Crippen LogP contribution is -2.15. The van der Waals surface area contributed by atoms with Gasteiger partial charge in [-0.2, -0.15) is 4.37 Å². The summed E-state index contributed by atoms with van der Waals surface area (Å²) in [5, 5.41) is 10.9. The van der Waals surface area contributed by atoms with Gasteiger partial charge in [0.2, 0.25) is 5.13 Å². The van der Waals surface area contributed by atoms with Gasteiger partial charge in [-0.3, -0.25) is 4.31 Å². The Labute approximate surface area is 177 Å². The minimum absolute atomic E-state index is 0.472. The van der Waals surface area contributed by atoms with Gasteiger partial charge in [-0.1, -0.05) is 6.07 Å². The Hall–Kier alpha value is -2.49. The molecule has 0 spiro atoms. The maximum atomic E-state index is 10.1. The summed E-state index contributed by atoms with van der Waals surface area (Å²) in [6.07, 6.45) is 1.69. The Morgan fingerprint density at radius 2 is 2.14 bits per heavy atom. The van der Waals surface area contributed by atoms with Crippen LogP contribution in [0.4, 0.5) is 5.13 Å². The Morgan fingerprint density at radius 3 is 2.90 bits per heavy atom. The normalized spacial score (nSPS) is 15.3. The van der Waals surface area contributed by atoms with Gasteiger partial charge in [0.1, 0.15) is 23.6 Å².